The number of carbonyl (C=O) groups excluding carboxylic acids is 1. The van der Waals surface area contributed by atoms with Gasteiger partial charge in [-0.3, -0.25) is 4.79 Å². The molecule has 5 rings (SSSR count). The van der Waals surface area contributed by atoms with Crippen LogP contribution in [-0.2, 0) is 4.79 Å². The maximum Gasteiger partial charge on any atom is 0.227 e. The SMILES string of the molecule is O=C1CC[C@@H](c2ccccc2)N1c1ccc2c(-c3ccc(F)cc3)ncn2c1. The molecule has 0 unspecified atom stereocenters. The van der Waals surface area contributed by atoms with Crippen molar-refractivity contribution in [3.8, 4) is 11.3 Å². The highest BCUT2D eigenvalue weighted by Crippen LogP contribution is 2.37. The Hall–Kier alpha value is -3.47. The van der Waals surface area contributed by atoms with Crippen LogP contribution in [0.3, 0.4) is 0 Å². The lowest BCUT2D eigenvalue weighted by molar-refractivity contribution is -0.117. The zero-order valence-electron chi connectivity index (χ0n) is 15.1. The molecule has 0 radical (unpaired) electrons. The summed E-state index contributed by atoms with van der Waals surface area (Å²) in [4.78, 5) is 19.0. The molecule has 3 heterocycles. The van der Waals surface area contributed by atoms with Crippen molar-refractivity contribution in [2.75, 3.05) is 4.90 Å². The lowest BCUT2D eigenvalue weighted by Gasteiger charge is -2.25. The first-order chi connectivity index (χ1) is 13.7. The van der Waals surface area contributed by atoms with E-state index in [1.807, 2.05) is 45.8 Å². The van der Waals surface area contributed by atoms with Gasteiger partial charge in [-0.2, -0.15) is 0 Å². The van der Waals surface area contributed by atoms with E-state index in [0.29, 0.717) is 6.42 Å². The van der Waals surface area contributed by atoms with Gasteiger partial charge in [0.15, 0.2) is 0 Å². The van der Waals surface area contributed by atoms with Gasteiger partial charge in [0.1, 0.15) is 12.1 Å². The molecule has 1 aliphatic rings. The monoisotopic (exact) mass is 371 g/mol. The van der Waals surface area contributed by atoms with Crippen LogP contribution < -0.4 is 4.90 Å². The number of imidazole rings is 1. The van der Waals surface area contributed by atoms with Crippen molar-refractivity contribution in [3.63, 3.8) is 0 Å². The van der Waals surface area contributed by atoms with E-state index in [1.54, 1.807) is 18.5 Å². The van der Waals surface area contributed by atoms with Gasteiger partial charge in [0.2, 0.25) is 5.91 Å². The number of hydrogen-bond acceptors (Lipinski definition) is 2. The number of nitrogens with zero attached hydrogens (tertiary/aromatic N) is 3. The van der Waals surface area contributed by atoms with Gasteiger partial charge in [-0.25, -0.2) is 9.37 Å². The van der Waals surface area contributed by atoms with Crippen molar-refractivity contribution in [3.05, 3.63) is 90.6 Å². The fourth-order valence-electron chi connectivity index (χ4n) is 3.96. The standard InChI is InChI=1S/C23H18FN3O/c24-18-8-6-17(7-9-18)23-21-11-10-19(14-26(21)15-25-23)27-20(12-13-22(27)28)16-4-2-1-3-5-16/h1-11,14-15,20H,12-13H2/t20-/m0/s1. The number of halogens is 1. The first kappa shape index (κ1) is 16.7. The average Bonchev–Trinajstić information content (AvgIpc) is 3.32. The number of rotatable bonds is 3. The van der Waals surface area contributed by atoms with Gasteiger partial charge < -0.3 is 9.30 Å². The van der Waals surface area contributed by atoms with Gasteiger partial charge >= 0.3 is 0 Å². The number of aromatic nitrogens is 2. The molecule has 1 aliphatic heterocycles. The third-order valence-electron chi connectivity index (χ3n) is 5.31. The molecule has 1 fully saturated rings. The maximum absolute atomic E-state index is 13.2. The maximum atomic E-state index is 13.2. The van der Waals surface area contributed by atoms with Crippen LogP contribution in [0.4, 0.5) is 10.1 Å². The molecule has 2 aromatic heterocycles. The number of benzene rings is 2. The van der Waals surface area contributed by atoms with Crippen LogP contribution in [0.25, 0.3) is 16.8 Å². The van der Waals surface area contributed by atoms with Gasteiger partial charge in [0.05, 0.1) is 22.9 Å². The fraction of sp³-hybridized carbons (Fsp3) is 0.130. The van der Waals surface area contributed by atoms with Crippen molar-refractivity contribution in [2.45, 2.75) is 18.9 Å². The summed E-state index contributed by atoms with van der Waals surface area (Å²) in [5.74, 6) is -0.138. The fourth-order valence-corrected chi connectivity index (χ4v) is 3.96. The van der Waals surface area contributed by atoms with Crippen molar-refractivity contribution < 1.29 is 9.18 Å². The van der Waals surface area contributed by atoms with E-state index in [4.69, 9.17) is 0 Å². The second kappa shape index (κ2) is 6.60. The van der Waals surface area contributed by atoms with E-state index in [0.717, 1.165) is 34.4 Å². The summed E-state index contributed by atoms with van der Waals surface area (Å²) in [6, 6.07) is 20.4. The van der Waals surface area contributed by atoms with Crippen LogP contribution >= 0.6 is 0 Å². The van der Waals surface area contributed by atoms with Crippen molar-refractivity contribution in [2.24, 2.45) is 0 Å². The predicted octanol–water partition coefficient (Wildman–Crippen LogP) is 5.01. The van der Waals surface area contributed by atoms with Crippen molar-refractivity contribution in [1.29, 1.82) is 0 Å². The number of pyridine rings is 1. The largest absolute Gasteiger partial charge is 0.304 e. The molecule has 0 bridgehead atoms. The van der Waals surface area contributed by atoms with E-state index in [-0.39, 0.29) is 17.8 Å². The highest BCUT2D eigenvalue weighted by Gasteiger charge is 2.33. The zero-order chi connectivity index (χ0) is 19.1. The quantitative estimate of drug-likeness (QED) is 0.508. The molecule has 1 saturated heterocycles. The van der Waals surface area contributed by atoms with E-state index < -0.39 is 0 Å². The Bertz CT molecular complexity index is 1150. The van der Waals surface area contributed by atoms with E-state index in [2.05, 4.69) is 17.1 Å². The molecule has 2 aromatic carbocycles. The Kier molecular flexibility index (Phi) is 3.93. The van der Waals surface area contributed by atoms with Crippen LogP contribution in [0.2, 0.25) is 0 Å². The molecule has 0 saturated carbocycles. The van der Waals surface area contributed by atoms with Crippen LogP contribution in [0.5, 0.6) is 0 Å². The van der Waals surface area contributed by atoms with Gasteiger partial charge in [-0.15, -0.1) is 0 Å². The summed E-state index contributed by atoms with van der Waals surface area (Å²) in [5.41, 5.74) is 4.56. The highest BCUT2D eigenvalue weighted by molar-refractivity contribution is 5.96. The molecule has 1 atom stereocenters. The van der Waals surface area contributed by atoms with Gasteiger partial charge in [-0.05, 0) is 48.4 Å². The summed E-state index contributed by atoms with van der Waals surface area (Å²) in [6.07, 6.45) is 5.03. The third-order valence-corrected chi connectivity index (χ3v) is 5.31. The van der Waals surface area contributed by atoms with E-state index in [9.17, 15) is 9.18 Å². The van der Waals surface area contributed by atoms with Crippen molar-refractivity contribution in [1.82, 2.24) is 9.38 Å². The molecule has 138 valence electrons. The lowest BCUT2D eigenvalue weighted by atomic mass is 10.0. The molecule has 0 aliphatic carbocycles. The normalized spacial score (nSPS) is 16.8. The summed E-state index contributed by atoms with van der Waals surface area (Å²) < 4.78 is 15.1. The molecular formula is C23H18FN3O. The second-order valence-electron chi connectivity index (χ2n) is 7.01. The molecule has 0 spiro atoms. The third kappa shape index (κ3) is 2.76. The first-order valence-electron chi connectivity index (χ1n) is 9.30. The van der Waals surface area contributed by atoms with Crippen molar-refractivity contribution >= 4 is 17.1 Å². The van der Waals surface area contributed by atoms with Crippen LogP contribution in [0, 0.1) is 5.82 Å². The number of carbonyl (C=O) groups is 1. The molecule has 5 heteroatoms. The summed E-state index contributed by atoms with van der Waals surface area (Å²) >= 11 is 0. The number of anilines is 1. The topological polar surface area (TPSA) is 37.6 Å². The smallest absolute Gasteiger partial charge is 0.227 e. The Morgan fingerprint density at radius 1 is 0.964 bits per heavy atom. The minimum atomic E-state index is -0.269. The first-order valence-corrected chi connectivity index (χ1v) is 9.30. The minimum absolute atomic E-state index is 0.0474. The lowest BCUT2D eigenvalue weighted by Crippen LogP contribution is -2.27. The van der Waals surface area contributed by atoms with Crippen LogP contribution in [-0.4, -0.2) is 15.3 Å². The van der Waals surface area contributed by atoms with Gasteiger partial charge in [0, 0.05) is 18.2 Å². The highest BCUT2D eigenvalue weighted by atomic mass is 19.1. The van der Waals surface area contributed by atoms with E-state index >= 15 is 0 Å². The van der Waals surface area contributed by atoms with Crippen LogP contribution in [0.15, 0.2) is 79.3 Å². The predicted molar refractivity (Wildman–Crippen MR) is 106 cm³/mol. The van der Waals surface area contributed by atoms with Gasteiger partial charge in [0.25, 0.3) is 0 Å². The molecule has 28 heavy (non-hydrogen) atoms. The summed E-state index contributed by atoms with van der Waals surface area (Å²) in [7, 11) is 0. The molecule has 4 nitrogen and oxygen atoms in total. The minimum Gasteiger partial charge on any atom is -0.304 e. The Labute approximate surface area is 161 Å². The Morgan fingerprint density at radius 3 is 2.54 bits per heavy atom. The number of amides is 1. The number of hydrogen-bond donors (Lipinski definition) is 0. The molecule has 0 N–H and O–H groups in total. The molecular weight excluding hydrogens is 353 g/mol. The zero-order valence-corrected chi connectivity index (χ0v) is 15.1. The molecule has 1 amide bonds. The summed E-state index contributed by atoms with van der Waals surface area (Å²) in [6.45, 7) is 0. The van der Waals surface area contributed by atoms with Crippen LogP contribution in [0.1, 0.15) is 24.4 Å². The summed E-state index contributed by atoms with van der Waals surface area (Å²) in [5, 5.41) is 0. The Morgan fingerprint density at radius 2 is 1.75 bits per heavy atom. The Balaban J connectivity index is 1.54. The molecule has 4 aromatic rings. The van der Waals surface area contributed by atoms with Gasteiger partial charge in [-0.1, -0.05) is 30.3 Å². The number of fused-ring (bicyclic) bond motifs is 1. The average molecular weight is 371 g/mol. The second-order valence-corrected chi connectivity index (χ2v) is 7.01. The van der Waals surface area contributed by atoms with E-state index in [1.165, 1.54) is 12.1 Å².